The molecule has 12 nitrogen and oxygen atoms in total. The van der Waals surface area contributed by atoms with Gasteiger partial charge in [-0.05, 0) is 36.8 Å². The molecule has 0 bridgehead atoms. The number of oxazole rings is 1. The summed E-state index contributed by atoms with van der Waals surface area (Å²) in [5.41, 5.74) is 0.600. The van der Waals surface area contributed by atoms with E-state index in [-0.39, 0.29) is 63.1 Å². The number of aliphatic hydroxyl groups excluding tert-OH is 1. The predicted molar refractivity (Wildman–Crippen MR) is 146 cm³/mol. The Morgan fingerprint density at radius 3 is 2.65 bits per heavy atom. The number of alkyl carbamates (subject to hydrolysis) is 1. The first-order valence-corrected chi connectivity index (χ1v) is 12.9. The Morgan fingerprint density at radius 2 is 1.88 bits per heavy atom. The number of aromatic carboxylic acids is 1. The van der Waals surface area contributed by atoms with Gasteiger partial charge in [0, 0.05) is 17.1 Å². The van der Waals surface area contributed by atoms with Gasteiger partial charge in [-0.3, -0.25) is 10.1 Å². The normalized spacial score (nSPS) is 11.6. The summed E-state index contributed by atoms with van der Waals surface area (Å²) in [6.07, 6.45) is 0.887. The highest BCUT2D eigenvalue weighted by Crippen LogP contribution is 2.31. The maximum absolute atomic E-state index is 13.1. The molecule has 2 aromatic carbocycles. The van der Waals surface area contributed by atoms with Crippen molar-refractivity contribution in [1.29, 1.82) is 0 Å². The first-order chi connectivity index (χ1) is 19.3. The molecule has 1 aromatic heterocycles. The van der Waals surface area contributed by atoms with Crippen molar-refractivity contribution in [1.82, 2.24) is 15.6 Å². The lowest BCUT2D eigenvalue weighted by molar-refractivity contribution is -0.118. The number of nitrogens with one attached hydrogen (secondary N) is 3. The monoisotopic (exact) mass is 594 g/mol. The van der Waals surface area contributed by atoms with Crippen LogP contribution < -0.4 is 16.0 Å². The van der Waals surface area contributed by atoms with Gasteiger partial charge in [-0.15, -0.1) is 0 Å². The van der Waals surface area contributed by atoms with Crippen LogP contribution in [0.15, 0.2) is 53.1 Å². The minimum atomic E-state index is -1.19. The molecule has 0 spiro atoms. The SMILES string of the molecule is O=C(NCCC(NCc1ncc(-c2cc(Cl)ccc2Cl)o1)C(=O)Nc1ccccc1C(=O)O)OCCOCCO. The number of para-hydroxylation sites is 1. The van der Waals surface area contributed by atoms with Gasteiger partial charge < -0.3 is 34.7 Å². The number of carboxylic acids is 1. The number of anilines is 1. The Bertz CT molecular complexity index is 1300. The fourth-order valence-electron chi connectivity index (χ4n) is 3.47. The molecule has 0 aliphatic carbocycles. The molecule has 40 heavy (non-hydrogen) atoms. The van der Waals surface area contributed by atoms with Gasteiger partial charge in [-0.25, -0.2) is 14.6 Å². The lowest BCUT2D eigenvalue weighted by atomic mass is 10.1. The Labute approximate surface area is 239 Å². The number of hydrogen-bond donors (Lipinski definition) is 5. The Morgan fingerprint density at radius 1 is 1.07 bits per heavy atom. The van der Waals surface area contributed by atoms with Crippen LogP contribution in [0.2, 0.25) is 10.0 Å². The minimum Gasteiger partial charge on any atom is -0.478 e. The van der Waals surface area contributed by atoms with E-state index in [0.29, 0.717) is 21.4 Å². The Hall–Kier alpha value is -3.68. The summed E-state index contributed by atoms with van der Waals surface area (Å²) in [6.45, 7) is 0.199. The zero-order valence-corrected chi connectivity index (χ0v) is 22.7. The van der Waals surface area contributed by atoms with Gasteiger partial charge in [0.2, 0.25) is 11.8 Å². The number of halogens is 2. The predicted octanol–water partition coefficient (Wildman–Crippen LogP) is 3.57. The van der Waals surface area contributed by atoms with Gasteiger partial charge in [-0.2, -0.15) is 0 Å². The van der Waals surface area contributed by atoms with Crippen molar-refractivity contribution in [2.24, 2.45) is 0 Å². The van der Waals surface area contributed by atoms with Gasteiger partial charge in [0.15, 0.2) is 5.76 Å². The standard InChI is InChI=1S/C26H28Cl2N4O8/c27-16-5-6-19(28)18(13-16)22-14-31-23(40-22)15-30-21(7-8-29-26(37)39-12-11-38-10-9-33)24(34)32-20-4-2-1-3-17(20)25(35)36/h1-6,13-14,21,30,33H,7-12,15H2,(H,29,37)(H,32,34)(H,35,36). The Kier molecular flexibility index (Phi) is 12.2. The summed E-state index contributed by atoms with van der Waals surface area (Å²) in [7, 11) is 0. The van der Waals surface area contributed by atoms with Gasteiger partial charge >= 0.3 is 12.1 Å². The van der Waals surface area contributed by atoms with Gasteiger partial charge in [0.25, 0.3) is 0 Å². The van der Waals surface area contributed by atoms with E-state index < -0.39 is 24.0 Å². The van der Waals surface area contributed by atoms with Crippen molar-refractivity contribution in [2.45, 2.75) is 19.0 Å². The van der Waals surface area contributed by atoms with E-state index in [1.807, 2.05) is 0 Å². The summed E-state index contributed by atoms with van der Waals surface area (Å²) >= 11 is 12.3. The van der Waals surface area contributed by atoms with Crippen molar-refractivity contribution < 1.29 is 38.5 Å². The van der Waals surface area contributed by atoms with Crippen LogP contribution in [0.4, 0.5) is 10.5 Å². The highest BCUT2D eigenvalue weighted by Gasteiger charge is 2.22. The lowest BCUT2D eigenvalue weighted by Crippen LogP contribution is -2.43. The zero-order valence-electron chi connectivity index (χ0n) is 21.2. The number of carboxylic acid groups (broad SMARTS) is 1. The van der Waals surface area contributed by atoms with Crippen molar-refractivity contribution in [3.05, 3.63) is 70.2 Å². The molecule has 0 aliphatic heterocycles. The maximum atomic E-state index is 13.1. The lowest BCUT2D eigenvalue weighted by Gasteiger charge is -2.19. The van der Waals surface area contributed by atoms with Crippen LogP contribution >= 0.6 is 23.2 Å². The van der Waals surface area contributed by atoms with Crippen LogP contribution in [0, 0.1) is 0 Å². The molecule has 5 N–H and O–H groups in total. The van der Waals surface area contributed by atoms with Crippen LogP contribution in [-0.4, -0.2) is 72.2 Å². The third kappa shape index (κ3) is 9.50. The minimum absolute atomic E-state index is 0.0108. The fraction of sp³-hybridized carbons (Fsp3) is 0.308. The maximum Gasteiger partial charge on any atom is 0.407 e. The number of nitrogens with zero attached hydrogens (tertiary/aromatic N) is 1. The molecule has 3 aromatic rings. The summed E-state index contributed by atoms with van der Waals surface area (Å²) in [5.74, 6) is -1.09. The number of carbonyl (C=O) groups is 3. The molecule has 3 rings (SSSR count). The number of carbonyl (C=O) groups excluding carboxylic acids is 2. The molecule has 0 saturated heterocycles. The van der Waals surface area contributed by atoms with E-state index >= 15 is 0 Å². The fourth-order valence-corrected chi connectivity index (χ4v) is 3.85. The van der Waals surface area contributed by atoms with E-state index in [1.54, 1.807) is 30.3 Å². The first-order valence-electron chi connectivity index (χ1n) is 12.1. The molecular weight excluding hydrogens is 567 g/mol. The van der Waals surface area contributed by atoms with Gasteiger partial charge in [0.1, 0.15) is 6.61 Å². The van der Waals surface area contributed by atoms with E-state index in [4.69, 9.17) is 42.2 Å². The van der Waals surface area contributed by atoms with Crippen molar-refractivity contribution in [2.75, 3.05) is 38.3 Å². The van der Waals surface area contributed by atoms with Crippen molar-refractivity contribution in [3.8, 4) is 11.3 Å². The second-order valence-electron chi connectivity index (χ2n) is 8.20. The summed E-state index contributed by atoms with van der Waals surface area (Å²) < 4.78 is 15.8. The molecule has 14 heteroatoms. The zero-order chi connectivity index (χ0) is 28.9. The number of benzene rings is 2. The van der Waals surface area contributed by atoms with E-state index in [2.05, 4.69) is 20.9 Å². The number of ether oxygens (including phenoxy) is 2. The molecule has 2 amide bonds. The summed E-state index contributed by atoms with van der Waals surface area (Å²) in [5, 5.41) is 27.2. The summed E-state index contributed by atoms with van der Waals surface area (Å²) in [4.78, 5) is 40.8. The van der Waals surface area contributed by atoms with Crippen LogP contribution in [0.3, 0.4) is 0 Å². The molecule has 0 fully saturated rings. The van der Waals surface area contributed by atoms with Crippen molar-refractivity contribution >= 4 is 46.9 Å². The number of aliphatic hydroxyl groups is 1. The van der Waals surface area contributed by atoms with E-state index in [0.717, 1.165) is 0 Å². The van der Waals surface area contributed by atoms with Crippen LogP contribution in [0.5, 0.6) is 0 Å². The average Bonchev–Trinajstić information content (AvgIpc) is 3.40. The first kappa shape index (κ1) is 30.9. The number of amides is 2. The average molecular weight is 595 g/mol. The molecule has 214 valence electrons. The molecular formula is C26H28Cl2N4O8. The molecule has 0 radical (unpaired) electrons. The molecule has 1 heterocycles. The molecule has 1 unspecified atom stereocenters. The van der Waals surface area contributed by atoms with E-state index in [1.165, 1.54) is 18.3 Å². The number of rotatable bonds is 15. The number of hydrogen-bond acceptors (Lipinski definition) is 9. The van der Waals surface area contributed by atoms with Crippen LogP contribution in [0.25, 0.3) is 11.3 Å². The second kappa shape index (κ2) is 15.8. The largest absolute Gasteiger partial charge is 0.478 e. The van der Waals surface area contributed by atoms with Gasteiger partial charge in [0.05, 0.1) is 54.9 Å². The molecule has 1 atom stereocenters. The number of aromatic nitrogens is 1. The quantitative estimate of drug-likeness (QED) is 0.164. The van der Waals surface area contributed by atoms with Crippen LogP contribution in [0.1, 0.15) is 22.7 Å². The smallest absolute Gasteiger partial charge is 0.407 e. The topological polar surface area (TPSA) is 172 Å². The van der Waals surface area contributed by atoms with Crippen molar-refractivity contribution in [3.63, 3.8) is 0 Å². The third-order valence-corrected chi connectivity index (χ3v) is 5.94. The summed E-state index contributed by atoms with van der Waals surface area (Å²) in [6, 6.07) is 10.0. The molecule has 0 saturated carbocycles. The van der Waals surface area contributed by atoms with Gasteiger partial charge in [-0.1, -0.05) is 35.3 Å². The van der Waals surface area contributed by atoms with E-state index in [9.17, 15) is 19.5 Å². The second-order valence-corrected chi connectivity index (χ2v) is 9.05. The third-order valence-electron chi connectivity index (χ3n) is 5.38. The highest BCUT2D eigenvalue weighted by atomic mass is 35.5. The Balaban J connectivity index is 1.64. The highest BCUT2D eigenvalue weighted by molar-refractivity contribution is 6.35. The molecule has 0 aliphatic rings. The van der Waals surface area contributed by atoms with Crippen LogP contribution in [-0.2, 0) is 20.8 Å².